The molecular weight excluding hydrogens is 270 g/mol. The van der Waals surface area contributed by atoms with Gasteiger partial charge >= 0.3 is 0 Å². The number of aliphatic hydroxyl groups excluding tert-OH is 1. The van der Waals surface area contributed by atoms with Crippen LogP contribution in [0.5, 0.6) is 17.2 Å². The van der Waals surface area contributed by atoms with Crippen LogP contribution in [0.15, 0.2) is 12.1 Å². The Kier molecular flexibility index (Phi) is 3.42. The first-order valence-electron chi connectivity index (χ1n) is 7.16. The minimum Gasteiger partial charge on any atom is -0.493 e. The van der Waals surface area contributed by atoms with E-state index in [9.17, 15) is 10.4 Å². The molecule has 5 nitrogen and oxygen atoms in total. The van der Waals surface area contributed by atoms with Crippen molar-refractivity contribution in [1.29, 1.82) is 5.26 Å². The lowest BCUT2D eigenvalue weighted by atomic mass is 9.78. The number of fused-ring (bicyclic) bond motifs is 1. The van der Waals surface area contributed by atoms with Gasteiger partial charge < -0.3 is 19.3 Å². The van der Waals surface area contributed by atoms with Crippen LogP contribution in [0.3, 0.4) is 0 Å². The van der Waals surface area contributed by atoms with E-state index in [2.05, 4.69) is 13.0 Å². The van der Waals surface area contributed by atoms with Gasteiger partial charge in [0.1, 0.15) is 0 Å². The van der Waals surface area contributed by atoms with Crippen molar-refractivity contribution in [2.24, 2.45) is 11.3 Å². The molecule has 5 heteroatoms. The maximum Gasteiger partial charge on any atom is 0.231 e. The van der Waals surface area contributed by atoms with E-state index in [1.165, 1.54) is 0 Å². The summed E-state index contributed by atoms with van der Waals surface area (Å²) >= 11 is 0. The lowest BCUT2D eigenvalue weighted by molar-refractivity contribution is 0.0643. The predicted octanol–water partition coefficient (Wildman–Crippen LogP) is 2.79. The second kappa shape index (κ2) is 5.12. The number of hydrogen-bond acceptors (Lipinski definition) is 5. The van der Waals surface area contributed by atoms with Gasteiger partial charge in [0.25, 0.3) is 0 Å². The van der Waals surface area contributed by atoms with E-state index in [1.54, 1.807) is 19.2 Å². The van der Waals surface area contributed by atoms with Crippen LogP contribution >= 0.6 is 0 Å². The van der Waals surface area contributed by atoms with Gasteiger partial charge in [-0.3, -0.25) is 0 Å². The first kappa shape index (κ1) is 14.0. The fourth-order valence-corrected chi connectivity index (χ4v) is 3.37. The van der Waals surface area contributed by atoms with E-state index < -0.39 is 11.5 Å². The summed E-state index contributed by atoms with van der Waals surface area (Å²) in [6.45, 7) is 2.26. The number of nitrogens with zero attached hydrogens (tertiary/aromatic N) is 1. The summed E-state index contributed by atoms with van der Waals surface area (Å²) in [5, 5.41) is 20.4. The van der Waals surface area contributed by atoms with Gasteiger partial charge in [-0.25, -0.2) is 0 Å². The topological polar surface area (TPSA) is 71.7 Å². The van der Waals surface area contributed by atoms with E-state index in [1.807, 2.05) is 0 Å². The van der Waals surface area contributed by atoms with E-state index in [0.717, 1.165) is 6.42 Å². The average Bonchev–Trinajstić information content (AvgIpc) is 3.12. The number of nitriles is 1. The van der Waals surface area contributed by atoms with Crippen molar-refractivity contribution >= 4 is 0 Å². The second-order valence-corrected chi connectivity index (χ2v) is 5.98. The standard InChI is InChI=1S/C16H19NO4/c1-10-3-4-16(7-10,8-17)15(18)11-5-12(19-2)14-13(6-11)20-9-21-14/h5-6,10,15,18H,3-4,7,9H2,1-2H3. The maximum atomic E-state index is 10.8. The van der Waals surface area contributed by atoms with Gasteiger partial charge in [0.05, 0.1) is 24.7 Å². The van der Waals surface area contributed by atoms with E-state index in [4.69, 9.17) is 14.2 Å². The van der Waals surface area contributed by atoms with Crippen LogP contribution in [0, 0.1) is 22.7 Å². The first-order valence-corrected chi connectivity index (χ1v) is 7.16. The van der Waals surface area contributed by atoms with Crippen LogP contribution in [-0.2, 0) is 0 Å². The Morgan fingerprint density at radius 1 is 1.48 bits per heavy atom. The quantitative estimate of drug-likeness (QED) is 0.926. The molecule has 21 heavy (non-hydrogen) atoms. The number of aliphatic hydroxyl groups is 1. The molecule has 0 radical (unpaired) electrons. The minimum absolute atomic E-state index is 0.145. The highest BCUT2D eigenvalue weighted by molar-refractivity contribution is 5.55. The highest BCUT2D eigenvalue weighted by atomic mass is 16.7. The Morgan fingerprint density at radius 3 is 2.90 bits per heavy atom. The fourth-order valence-electron chi connectivity index (χ4n) is 3.37. The molecule has 0 spiro atoms. The van der Waals surface area contributed by atoms with Gasteiger partial charge in [-0.15, -0.1) is 0 Å². The van der Waals surface area contributed by atoms with Gasteiger partial charge in [-0.05, 0) is 42.9 Å². The lowest BCUT2D eigenvalue weighted by Gasteiger charge is -2.28. The molecule has 1 saturated carbocycles. The highest BCUT2D eigenvalue weighted by Crippen LogP contribution is 2.52. The van der Waals surface area contributed by atoms with E-state index in [0.29, 0.717) is 41.6 Å². The Hall–Kier alpha value is -1.93. The van der Waals surface area contributed by atoms with Gasteiger partial charge in [-0.2, -0.15) is 5.26 Å². The zero-order chi connectivity index (χ0) is 15.0. The van der Waals surface area contributed by atoms with E-state index in [-0.39, 0.29) is 6.79 Å². The fraction of sp³-hybridized carbons (Fsp3) is 0.562. The Labute approximate surface area is 124 Å². The summed E-state index contributed by atoms with van der Waals surface area (Å²) < 4.78 is 16.0. The molecule has 1 fully saturated rings. The van der Waals surface area contributed by atoms with Crippen molar-refractivity contribution < 1.29 is 19.3 Å². The van der Waals surface area contributed by atoms with Crippen LogP contribution in [-0.4, -0.2) is 19.0 Å². The normalized spacial score (nSPS) is 28.2. The third-order valence-electron chi connectivity index (χ3n) is 4.54. The number of ether oxygens (including phenoxy) is 3. The Morgan fingerprint density at radius 2 is 2.29 bits per heavy atom. The smallest absolute Gasteiger partial charge is 0.231 e. The summed E-state index contributed by atoms with van der Waals surface area (Å²) in [5.41, 5.74) is -0.0789. The van der Waals surface area contributed by atoms with Crippen molar-refractivity contribution in [3.05, 3.63) is 17.7 Å². The van der Waals surface area contributed by atoms with Crippen LogP contribution in [0.4, 0.5) is 0 Å². The number of rotatable bonds is 3. The second-order valence-electron chi connectivity index (χ2n) is 5.98. The maximum absolute atomic E-state index is 10.8. The molecular formula is C16H19NO4. The van der Waals surface area contributed by atoms with Crippen molar-refractivity contribution in [2.75, 3.05) is 13.9 Å². The molecule has 1 aliphatic heterocycles. The number of hydrogen-bond donors (Lipinski definition) is 1. The van der Waals surface area contributed by atoms with Gasteiger partial charge in [-0.1, -0.05) is 6.92 Å². The third-order valence-corrected chi connectivity index (χ3v) is 4.54. The van der Waals surface area contributed by atoms with Crippen LogP contribution < -0.4 is 14.2 Å². The summed E-state index contributed by atoms with van der Waals surface area (Å²) in [6, 6.07) is 5.83. The molecule has 1 aromatic rings. The summed E-state index contributed by atoms with van der Waals surface area (Å²) in [5.74, 6) is 2.09. The zero-order valence-corrected chi connectivity index (χ0v) is 12.3. The van der Waals surface area contributed by atoms with Crippen molar-refractivity contribution in [1.82, 2.24) is 0 Å². The van der Waals surface area contributed by atoms with Crippen molar-refractivity contribution in [3.8, 4) is 23.3 Å². The van der Waals surface area contributed by atoms with Crippen molar-refractivity contribution in [3.63, 3.8) is 0 Å². The molecule has 1 aromatic carbocycles. The molecule has 3 rings (SSSR count). The first-order chi connectivity index (χ1) is 10.1. The molecule has 1 heterocycles. The highest BCUT2D eigenvalue weighted by Gasteiger charge is 2.45. The van der Waals surface area contributed by atoms with E-state index >= 15 is 0 Å². The van der Waals surface area contributed by atoms with Gasteiger partial charge in [0.2, 0.25) is 12.5 Å². The molecule has 0 bridgehead atoms. The molecule has 112 valence electrons. The molecule has 3 unspecified atom stereocenters. The van der Waals surface area contributed by atoms with Crippen LogP contribution in [0.25, 0.3) is 0 Å². The Balaban J connectivity index is 1.99. The lowest BCUT2D eigenvalue weighted by Crippen LogP contribution is -2.24. The van der Waals surface area contributed by atoms with Gasteiger partial charge in [0.15, 0.2) is 11.5 Å². The predicted molar refractivity (Wildman–Crippen MR) is 75.1 cm³/mol. The number of methoxy groups -OCH3 is 1. The van der Waals surface area contributed by atoms with Gasteiger partial charge in [0, 0.05) is 0 Å². The SMILES string of the molecule is COc1cc(C(O)C2(C#N)CCC(C)C2)cc2c1OCO2. The molecule has 2 aliphatic rings. The van der Waals surface area contributed by atoms with Crippen molar-refractivity contribution in [2.45, 2.75) is 32.3 Å². The number of benzene rings is 1. The Bertz CT molecular complexity index is 595. The molecule has 1 N–H and O–H groups in total. The monoisotopic (exact) mass is 289 g/mol. The van der Waals surface area contributed by atoms with Crippen LogP contribution in [0.1, 0.15) is 37.9 Å². The third kappa shape index (κ3) is 2.20. The molecule has 1 aliphatic carbocycles. The summed E-state index contributed by atoms with van der Waals surface area (Å²) in [6.07, 6.45) is 1.53. The molecule has 3 atom stereocenters. The minimum atomic E-state index is -0.851. The summed E-state index contributed by atoms with van der Waals surface area (Å²) in [7, 11) is 1.55. The largest absolute Gasteiger partial charge is 0.493 e. The zero-order valence-electron chi connectivity index (χ0n) is 12.3. The average molecular weight is 289 g/mol. The van der Waals surface area contributed by atoms with Crippen LogP contribution in [0.2, 0.25) is 0 Å². The summed E-state index contributed by atoms with van der Waals surface area (Å²) in [4.78, 5) is 0. The molecule has 0 saturated heterocycles. The molecule has 0 amide bonds. The molecule has 0 aromatic heterocycles.